The van der Waals surface area contributed by atoms with Crippen molar-refractivity contribution in [3.63, 3.8) is 0 Å². The number of halogens is 1. The zero-order valence-electron chi connectivity index (χ0n) is 12.5. The van der Waals surface area contributed by atoms with E-state index in [1.807, 2.05) is 24.3 Å². The molecule has 0 unspecified atom stereocenters. The fourth-order valence-electron chi connectivity index (χ4n) is 1.81. The van der Waals surface area contributed by atoms with Crippen LogP contribution in [-0.4, -0.2) is 35.5 Å². The minimum absolute atomic E-state index is 0.109. The number of carbonyl (C=O) groups is 2. The molecule has 0 aliphatic rings. The summed E-state index contributed by atoms with van der Waals surface area (Å²) in [6.45, 7) is 0.327. The van der Waals surface area contributed by atoms with Crippen molar-refractivity contribution in [1.29, 1.82) is 0 Å². The van der Waals surface area contributed by atoms with Gasteiger partial charge in [-0.1, -0.05) is 15.9 Å². The predicted octanol–water partition coefficient (Wildman–Crippen LogP) is 3.17. The molecular weight excluding hydrogens is 366 g/mol. The molecule has 0 aliphatic heterocycles. The molecular formula is C16H16BrNO5. The van der Waals surface area contributed by atoms with E-state index in [2.05, 4.69) is 15.9 Å². The van der Waals surface area contributed by atoms with Gasteiger partial charge in [-0.3, -0.25) is 9.59 Å². The van der Waals surface area contributed by atoms with Crippen LogP contribution in [0.2, 0.25) is 0 Å². The minimum Gasteiger partial charge on any atom is -0.486 e. The lowest BCUT2D eigenvalue weighted by Crippen LogP contribution is -2.28. The molecule has 2 aromatic rings. The zero-order valence-corrected chi connectivity index (χ0v) is 14.1. The van der Waals surface area contributed by atoms with Crippen LogP contribution < -0.4 is 4.74 Å². The number of carbonyl (C=O) groups excluding carboxylic acids is 1. The van der Waals surface area contributed by atoms with Crippen molar-refractivity contribution in [1.82, 2.24) is 4.90 Å². The Morgan fingerprint density at radius 3 is 2.57 bits per heavy atom. The van der Waals surface area contributed by atoms with Gasteiger partial charge in [-0.05, 0) is 36.4 Å². The molecule has 0 atom stereocenters. The highest BCUT2D eigenvalue weighted by Gasteiger charge is 2.16. The van der Waals surface area contributed by atoms with Crippen LogP contribution in [0.25, 0.3) is 0 Å². The van der Waals surface area contributed by atoms with E-state index in [1.165, 1.54) is 11.9 Å². The highest BCUT2D eigenvalue weighted by Crippen LogP contribution is 2.18. The lowest BCUT2D eigenvalue weighted by atomic mass is 10.3. The van der Waals surface area contributed by atoms with E-state index >= 15 is 0 Å². The number of furan rings is 1. The summed E-state index contributed by atoms with van der Waals surface area (Å²) in [6, 6.07) is 10.6. The third kappa shape index (κ3) is 5.14. The van der Waals surface area contributed by atoms with Crippen molar-refractivity contribution in [2.24, 2.45) is 0 Å². The van der Waals surface area contributed by atoms with Crippen molar-refractivity contribution < 1.29 is 23.8 Å². The summed E-state index contributed by atoms with van der Waals surface area (Å²) in [4.78, 5) is 23.9. The largest absolute Gasteiger partial charge is 0.486 e. The van der Waals surface area contributed by atoms with Crippen LogP contribution in [-0.2, 0) is 11.4 Å². The third-order valence-electron chi connectivity index (χ3n) is 3.07. The molecule has 0 aliphatic carbocycles. The lowest BCUT2D eigenvalue weighted by molar-refractivity contribution is -0.137. The number of hydrogen-bond acceptors (Lipinski definition) is 4. The fraction of sp³-hybridized carbons (Fsp3) is 0.250. The molecule has 0 radical (unpaired) electrons. The van der Waals surface area contributed by atoms with Crippen molar-refractivity contribution in [3.05, 3.63) is 52.4 Å². The zero-order chi connectivity index (χ0) is 16.8. The first-order valence-corrected chi connectivity index (χ1v) is 7.69. The molecule has 0 bridgehead atoms. The van der Waals surface area contributed by atoms with E-state index in [0.717, 1.165) is 4.47 Å². The van der Waals surface area contributed by atoms with E-state index in [1.54, 1.807) is 12.1 Å². The van der Waals surface area contributed by atoms with E-state index in [9.17, 15) is 9.59 Å². The lowest BCUT2D eigenvalue weighted by Gasteiger charge is -2.13. The Bertz CT molecular complexity index is 680. The number of hydrogen-bond donors (Lipinski definition) is 1. The van der Waals surface area contributed by atoms with Crippen LogP contribution >= 0.6 is 15.9 Å². The Kier molecular flexibility index (Phi) is 5.81. The van der Waals surface area contributed by atoms with Gasteiger partial charge in [-0.25, -0.2) is 0 Å². The maximum absolute atomic E-state index is 12.1. The van der Waals surface area contributed by atoms with Crippen molar-refractivity contribution >= 4 is 27.8 Å². The third-order valence-corrected chi connectivity index (χ3v) is 3.60. The topological polar surface area (TPSA) is 80.0 Å². The summed E-state index contributed by atoms with van der Waals surface area (Å²) < 4.78 is 12.0. The molecule has 2 rings (SSSR count). The summed E-state index contributed by atoms with van der Waals surface area (Å²) in [5.41, 5.74) is 0. The van der Waals surface area contributed by atoms with Gasteiger partial charge in [0.1, 0.15) is 18.1 Å². The van der Waals surface area contributed by atoms with Crippen molar-refractivity contribution in [2.75, 3.05) is 13.6 Å². The summed E-state index contributed by atoms with van der Waals surface area (Å²) in [6.07, 6.45) is -0.109. The van der Waals surface area contributed by atoms with E-state index in [0.29, 0.717) is 11.5 Å². The SMILES string of the molecule is CN(CCC(=O)O)C(=O)c1ccc(COc2ccc(Br)cc2)o1. The van der Waals surface area contributed by atoms with Gasteiger partial charge >= 0.3 is 5.97 Å². The van der Waals surface area contributed by atoms with Crippen molar-refractivity contribution in [2.45, 2.75) is 13.0 Å². The minimum atomic E-state index is -0.951. The molecule has 1 heterocycles. The molecule has 1 amide bonds. The van der Waals surface area contributed by atoms with Gasteiger partial charge in [0.15, 0.2) is 5.76 Å². The molecule has 0 spiro atoms. The summed E-state index contributed by atoms with van der Waals surface area (Å²) in [5, 5.41) is 8.63. The molecule has 0 fully saturated rings. The molecule has 0 saturated carbocycles. The van der Waals surface area contributed by atoms with Gasteiger partial charge in [-0.15, -0.1) is 0 Å². The normalized spacial score (nSPS) is 10.3. The van der Waals surface area contributed by atoms with Gasteiger partial charge < -0.3 is 19.2 Å². The van der Waals surface area contributed by atoms with E-state index in [4.69, 9.17) is 14.3 Å². The smallest absolute Gasteiger partial charge is 0.305 e. The Morgan fingerprint density at radius 2 is 1.91 bits per heavy atom. The van der Waals surface area contributed by atoms with Crippen molar-refractivity contribution in [3.8, 4) is 5.75 Å². The number of rotatable bonds is 7. The van der Waals surface area contributed by atoms with Gasteiger partial charge in [0.2, 0.25) is 0 Å². The van der Waals surface area contributed by atoms with Crippen LogP contribution in [0.1, 0.15) is 22.7 Å². The van der Waals surface area contributed by atoms with Gasteiger partial charge in [0, 0.05) is 18.1 Å². The van der Waals surface area contributed by atoms with Crippen LogP contribution in [0, 0.1) is 0 Å². The van der Waals surface area contributed by atoms with Crippen LogP contribution in [0.15, 0.2) is 45.3 Å². The fourth-order valence-corrected chi connectivity index (χ4v) is 2.07. The second kappa shape index (κ2) is 7.82. The van der Waals surface area contributed by atoms with Gasteiger partial charge in [-0.2, -0.15) is 0 Å². The molecule has 1 N–H and O–H groups in total. The molecule has 1 aromatic heterocycles. The second-order valence-electron chi connectivity index (χ2n) is 4.88. The average Bonchev–Trinajstić information content (AvgIpc) is 3.00. The standard InChI is InChI=1S/C16H16BrNO5/c1-18(9-8-15(19)20)16(21)14-7-6-13(23-14)10-22-12-4-2-11(17)3-5-12/h2-7H,8-10H2,1H3,(H,19,20). The van der Waals surface area contributed by atoms with Crippen LogP contribution in [0.4, 0.5) is 0 Å². The van der Waals surface area contributed by atoms with Crippen LogP contribution in [0.5, 0.6) is 5.75 Å². The van der Waals surface area contributed by atoms with E-state index in [-0.39, 0.29) is 31.2 Å². The van der Waals surface area contributed by atoms with Gasteiger partial charge in [0.05, 0.1) is 6.42 Å². The number of carboxylic acid groups (broad SMARTS) is 1. The highest BCUT2D eigenvalue weighted by atomic mass is 79.9. The quantitative estimate of drug-likeness (QED) is 0.796. The number of carboxylic acids is 1. The maximum Gasteiger partial charge on any atom is 0.305 e. The highest BCUT2D eigenvalue weighted by molar-refractivity contribution is 9.10. The number of nitrogens with zero attached hydrogens (tertiary/aromatic N) is 1. The first-order chi connectivity index (χ1) is 11.0. The monoisotopic (exact) mass is 381 g/mol. The molecule has 6 nitrogen and oxygen atoms in total. The number of aliphatic carboxylic acids is 1. The Balaban J connectivity index is 1.90. The summed E-state index contributed by atoms with van der Waals surface area (Å²) in [7, 11) is 1.53. The second-order valence-corrected chi connectivity index (χ2v) is 5.79. The summed E-state index contributed by atoms with van der Waals surface area (Å²) in [5.74, 6) is 0.0556. The molecule has 7 heteroatoms. The summed E-state index contributed by atoms with van der Waals surface area (Å²) >= 11 is 3.34. The number of amides is 1. The number of benzene rings is 1. The molecule has 23 heavy (non-hydrogen) atoms. The molecule has 0 saturated heterocycles. The Hall–Kier alpha value is -2.28. The number of ether oxygens (including phenoxy) is 1. The molecule has 122 valence electrons. The maximum atomic E-state index is 12.1. The average molecular weight is 382 g/mol. The Labute approximate surface area is 141 Å². The Morgan fingerprint density at radius 1 is 1.22 bits per heavy atom. The predicted molar refractivity (Wildman–Crippen MR) is 86.4 cm³/mol. The van der Waals surface area contributed by atoms with Gasteiger partial charge in [0.25, 0.3) is 5.91 Å². The first-order valence-electron chi connectivity index (χ1n) is 6.90. The molecule has 1 aromatic carbocycles. The van der Waals surface area contributed by atoms with E-state index < -0.39 is 5.97 Å². The van der Waals surface area contributed by atoms with Crippen LogP contribution in [0.3, 0.4) is 0 Å². The first kappa shape index (κ1) is 17.1.